The van der Waals surface area contributed by atoms with Crippen LogP contribution in [0.1, 0.15) is 17.2 Å². The lowest BCUT2D eigenvalue weighted by Crippen LogP contribution is -2.04. The van der Waals surface area contributed by atoms with Gasteiger partial charge in [-0.2, -0.15) is 0 Å². The summed E-state index contributed by atoms with van der Waals surface area (Å²) in [6.07, 6.45) is 3.16. The molecule has 0 spiro atoms. The molecule has 0 aliphatic rings. The number of furan rings is 1. The van der Waals surface area contributed by atoms with E-state index in [1.165, 1.54) is 0 Å². The summed E-state index contributed by atoms with van der Waals surface area (Å²) in [4.78, 5) is 0. The van der Waals surface area contributed by atoms with Crippen molar-refractivity contribution in [3.63, 3.8) is 0 Å². The van der Waals surface area contributed by atoms with Crippen molar-refractivity contribution in [3.05, 3.63) is 54.0 Å². The number of rotatable bonds is 3. The molecule has 2 rings (SSSR count). The van der Waals surface area contributed by atoms with Gasteiger partial charge in [-0.3, -0.25) is 0 Å². The fourth-order valence-corrected chi connectivity index (χ4v) is 1.56. The minimum atomic E-state index is -0.580. The Bertz CT molecular complexity index is 423. The highest BCUT2D eigenvalue weighted by molar-refractivity contribution is 5.47. The van der Waals surface area contributed by atoms with Crippen LogP contribution in [0.4, 0.5) is 5.69 Å². The van der Waals surface area contributed by atoms with E-state index in [0.717, 1.165) is 11.1 Å². The van der Waals surface area contributed by atoms with Gasteiger partial charge >= 0.3 is 0 Å². The Hall–Kier alpha value is -1.74. The van der Waals surface area contributed by atoms with Crippen LogP contribution in [0.3, 0.4) is 0 Å². The first-order valence-electron chi connectivity index (χ1n) is 4.81. The van der Waals surface area contributed by atoms with Crippen LogP contribution in [0.25, 0.3) is 0 Å². The Morgan fingerprint density at radius 3 is 2.73 bits per heavy atom. The number of aliphatic hydroxyl groups is 1. The van der Waals surface area contributed by atoms with Gasteiger partial charge < -0.3 is 15.3 Å². The molecule has 1 atom stereocenters. The van der Waals surface area contributed by atoms with Gasteiger partial charge in [0.1, 0.15) is 0 Å². The van der Waals surface area contributed by atoms with E-state index in [-0.39, 0.29) is 0 Å². The van der Waals surface area contributed by atoms with Crippen LogP contribution in [0, 0.1) is 0 Å². The van der Waals surface area contributed by atoms with Gasteiger partial charge in [-0.05, 0) is 17.7 Å². The van der Waals surface area contributed by atoms with Gasteiger partial charge in [0.05, 0.1) is 18.6 Å². The van der Waals surface area contributed by atoms with E-state index >= 15 is 0 Å². The summed E-state index contributed by atoms with van der Waals surface area (Å²) in [5, 5.41) is 9.95. The SMILES string of the molecule is Nc1ccccc1C(O)Cc1ccoc1. The lowest BCUT2D eigenvalue weighted by Gasteiger charge is -2.11. The maximum Gasteiger partial charge on any atom is 0.0935 e. The molecule has 0 amide bonds. The second kappa shape index (κ2) is 4.19. The average Bonchev–Trinajstić information content (AvgIpc) is 2.71. The normalized spacial score (nSPS) is 12.6. The van der Waals surface area contributed by atoms with Crippen molar-refractivity contribution >= 4 is 5.69 Å². The van der Waals surface area contributed by atoms with Gasteiger partial charge in [-0.25, -0.2) is 0 Å². The zero-order valence-corrected chi connectivity index (χ0v) is 8.26. The lowest BCUT2D eigenvalue weighted by atomic mass is 10.0. The van der Waals surface area contributed by atoms with Crippen molar-refractivity contribution in [2.24, 2.45) is 0 Å². The topological polar surface area (TPSA) is 59.4 Å². The van der Waals surface area contributed by atoms with Crippen LogP contribution < -0.4 is 5.73 Å². The summed E-state index contributed by atoms with van der Waals surface area (Å²) >= 11 is 0. The summed E-state index contributed by atoms with van der Waals surface area (Å²) in [5.74, 6) is 0. The van der Waals surface area contributed by atoms with Gasteiger partial charge in [0, 0.05) is 17.7 Å². The van der Waals surface area contributed by atoms with Crippen molar-refractivity contribution in [2.45, 2.75) is 12.5 Å². The van der Waals surface area contributed by atoms with Crippen molar-refractivity contribution in [3.8, 4) is 0 Å². The zero-order valence-electron chi connectivity index (χ0n) is 8.26. The molecule has 1 heterocycles. The Kier molecular flexibility index (Phi) is 2.74. The van der Waals surface area contributed by atoms with Gasteiger partial charge in [0.2, 0.25) is 0 Å². The van der Waals surface area contributed by atoms with E-state index in [9.17, 15) is 5.11 Å². The van der Waals surface area contributed by atoms with Gasteiger partial charge in [-0.15, -0.1) is 0 Å². The molecule has 15 heavy (non-hydrogen) atoms. The molecule has 3 N–H and O–H groups in total. The summed E-state index contributed by atoms with van der Waals surface area (Å²) in [7, 11) is 0. The lowest BCUT2D eigenvalue weighted by molar-refractivity contribution is 0.179. The number of nitrogen functional groups attached to an aromatic ring is 1. The maximum absolute atomic E-state index is 9.95. The molecule has 1 aromatic carbocycles. The molecule has 78 valence electrons. The van der Waals surface area contributed by atoms with Crippen molar-refractivity contribution in [1.82, 2.24) is 0 Å². The maximum atomic E-state index is 9.95. The first-order valence-corrected chi connectivity index (χ1v) is 4.81. The van der Waals surface area contributed by atoms with Crippen molar-refractivity contribution in [1.29, 1.82) is 0 Å². The second-order valence-electron chi connectivity index (χ2n) is 3.48. The fourth-order valence-electron chi connectivity index (χ4n) is 1.56. The minimum Gasteiger partial charge on any atom is -0.472 e. The Labute approximate surface area is 88.1 Å². The summed E-state index contributed by atoms with van der Waals surface area (Å²) in [5.41, 5.74) is 8.11. The van der Waals surface area contributed by atoms with Crippen LogP contribution in [0.5, 0.6) is 0 Å². The fraction of sp³-hybridized carbons (Fsp3) is 0.167. The number of hydrogen-bond donors (Lipinski definition) is 2. The number of para-hydroxylation sites is 1. The molecular formula is C12H13NO2. The van der Waals surface area contributed by atoms with Crippen molar-refractivity contribution < 1.29 is 9.52 Å². The predicted octanol–water partition coefficient (Wildman–Crippen LogP) is 2.14. The molecular weight excluding hydrogens is 190 g/mol. The van der Waals surface area contributed by atoms with Gasteiger partial charge in [0.15, 0.2) is 0 Å². The van der Waals surface area contributed by atoms with E-state index in [2.05, 4.69) is 0 Å². The van der Waals surface area contributed by atoms with E-state index in [1.54, 1.807) is 18.6 Å². The minimum absolute atomic E-state index is 0.519. The number of benzene rings is 1. The number of aliphatic hydroxyl groups excluding tert-OH is 1. The van der Waals surface area contributed by atoms with Crippen LogP contribution in [-0.4, -0.2) is 5.11 Å². The first-order chi connectivity index (χ1) is 7.27. The first kappa shape index (κ1) is 9.80. The Morgan fingerprint density at radius 2 is 2.07 bits per heavy atom. The zero-order chi connectivity index (χ0) is 10.7. The standard InChI is InChI=1S/C12H13NO2/c13-11-4-2-1-3-10(11)12(14)7-9-5-6-15-8-9/h1-6,8,12,14H,7,13H2. The number of anilines is 1. The molecule has 0 radical (unpaired) electrons. The molecule has 1 unspecified atom stereocenters. The van der Waals surface area contributed by atoms with Crippen LogP contribution in [0.15, 0.2) is 47.3 Å². The van der Waals surface area contributed by atoms with E-state index in [4.69, 9.17) is 10.2 Å². The van der Waals surface area contributed by atoms with E-state index in [1.807, 2.05) is 24.3 Å². The molecule has 3 nitrogen and oxygen atoms in total. The molecule has 2 aromatic rings. The third-order valence-electron chi connectivity index (χ3n) is 2.36. The number of nitrogens with two attached hydrogens (primary N) is 1. The summed E-state index contributed by atoms with van der Waals surface area (Å²) < 4.78 is 4.94. The molecule has 1 aromatic heterocycles. The smallest absolute Gasteiger partial charge is 0.0935 e. The third-order valence-corrected chi connectivity index (χ3v) is 2.36. The molecule has 0 aliphatic heterocycles. The highest BCUT2D eigenvalue weighted by Crippen LogP contribution is 2.23. The second-order valence-corrected chi connectivity index (χ2v) is 3.48. The summed E-state index contributed by atoms with van der Waals surface area (Å²) in [6, 6.07) is 9.17. The highest BCUT2D eigenvalue weighted by Gasteiger charge is 2.11. The molecule has 0 saturated heterocycles. The van der Waals surface area contributed by atoms with Crippen LogP contribution in [0.2, 0.25) is 0 Å². The van der Waals surface area contributed by atoms with Gasteiger partial charge in [0.25, 0.3) is 0 Å². The number of hydrogen-bond acceptors (Lipinski definition) is 3. The molecule has 3 heteroatoms. The third kappa shape index (κ3) is 2.19. The molecule has 0 aliphatic carbocycles. The monoisotopic (exact) mass is 203 g/mol. The summed E-state index contributed by atoms with van der Waals surface area (Å²) in [6.45, 7) is 0. The Morgan fingerprint density at radius 1 is 1.27 bits per heavy atom. The van der Waals surface area contributed by atoms with Crippen molar-refractivity contribution in [2.75, 3.05) is 5.73 Å². The van der Waals surface area contributed by atoms with E-state index < -0.39 is 6.10 Å². The van der Waals surface area contributed by atoms with Crippen LogP contribution in [-0.2, 0) is 6.42 Å². The Balaban J connectivity index is 2.15. The van der Waals surface area contributed by atoms with E-state index in [0.29, 0.717) is 12.1 Å². The molecule has 0 fully saturated rings. The quantitative estimate of drug-likeness (QED) is 0.751. The van der Waals surface area contributed by atoms with Gasteiger partial charge in [-0.1, -0.05) is 18.2 Å². The molecule has 0 bridgehead atoms. The largest absolute Gasteiger partial charge is 0.472 e. The van der Waals surface area contributed by atoms with Crippen LogP contribution >= 0.6 is 0 Å². The molecule has 0 saturated carbocycles. The predicted molar refractivity (Wildman–Crippen MR) is 58.2 cm³/mol. The highest BCUT2D eigenvalue weighted by atomic mass is 16.3. The average molecular weight is 203 g/mol.